The number of carbonyl (C=O) groups is 1. The Labute approximate surface area is 201 Å². The summed E-state index contributed by atoms with van der Waals surface area (Å²) in [5.41, 5.74) is 4.65. The van der Waals surface area contributed by atoms with Gasteiger partial charge in [-0.15, -0.1) is 0 Å². The zero-order valence-electron chi connectivity index (χ0n) is 19.9. The van der Waals surface area contributed by atoms with E-state index in [1.165, 1.54) is 4.31 Å². The molecule has 1 fully saturated rings. The second-order valence-electron chi connectivity index (χ2n) is 8.75. The number of hydrogen-bond donors (Lipinski definition) is 1. The summed E-state index contributed by atoms with van der Waals surface area (Å²) >= 11 is 0. The molecule has 180 valence electrons. The standard InChI is InChI=1S/C25H31N5O3S/c1-19-24(20(2)30(27-19)22-9-5-4-6-10-22)17-28(3)18-25(31)26-21-11-13-23(14-12-21)34(32,33)29-15-7-8-16-29/h4-6,9-14H,7-8,15-18H2,1-3H3,(H,26,31). The molecule has 0 saturated carbocycles. The highest BCUT2D eigenvalue weighted by atomic mass is 32.2. The number of amides is 1. The van der Waals surface area contributed by atoms with Crippen LogP contribution in [0, 0.1) is 13.8 Å². The third kappa shape index (κ3) is 5.22. The average Bonchev–Trinajstić information content (AvgIpc) is 3.45. The molecule has 1 aromatic heterocycles. The molecule has 9 heteroatoms. The van der Waals surface area contributed by atoms with E-state index in [9.17, 15) is 13.2 Å². The molecule has 4 rings (SSSR count). The molecule has 0 aliphatic carbocycles. The second-order valence-corrected chi connectivity index (χ2v) is 10.7. The predicted molar refractivity (Wildman–Crippen MR) is 132 cm³/mol. The van der Waals surface area contributed by atoms with Gasteiger partial charge in [0, 0.05) is 36.6 Å². The highest BCUT2D eigenvalue weighted by molar-refractivity contribution is 7.89. The van der Waals surface area contributed by atoms with Crippen LogP contribution in [-0.2, 0) is 21.4 Å². The van der Waals surface area contributed by atoms with Gasteiger partial charge in [-0.25, -0.2) is 13.1 Å². The van der Waals surface area contributed by atoms with E-state index in [0.29, 0.717) is 25.3 Å². The average molecular weight is 482 g/mol. The van der Waals surface area contributed by atoms with Gasteiger partial charge in [-0.3, -0.25) is 9.69 Å². The monoisotopic (exact) mass is 481 g/mol. The van der Waals surface area contributed by atoms with Crippen molar-refractivity contribution in [1.29, 1.82) is 0 Å². The minimum absolute atomic E-state index is 0.164. The molecule has 0 bridgehead atoms. The Hall–Kier alpha value is -3.01. The van der Waals surface area contributed by atoms with Gasteiger partial charge in [0.1, 0.15) is 0 Å². The van der Waals surface area contributed by atoms with Gasteiger partial charge < -0.3 is 5.32 Å². The summed E-state index contributed by atoms with van der Waals surface area (Å²) < 4.78 is 28.8. The number of nitrogens with one attached hydrogen (secondary N) is 1. The molecule has 0 atom stereocenters. The maximum Gasteiger partial charge on any atom is 0.243 e. The number of hydrogen-bond acceptors (Lipinski definition) is 5. The fraction of sp³-hybridized carbons (Fsp3) is 0.360. The highest BCUT2D eigenvalue weighted by Gasteiger charge is 2.27. The molecule has 0 spiro atoms. The van der Waals surface area contributed by atoms with Crippen LogP contribution in [-0.4, -0.2) is 60.0 Å². The number of carbonyl (C=O) groups excluding carboxylic acids is 1. The van der Waals surface area contributed by atoms with Crippen molar-refractivity contribution in [3.63, 3.8) is 0 Å². The number of aryl methyl sites for hydroxylation is 1. The zero-order valence-corrected chi connectivity index (χ0v) is 20.7. The highest BCUT2D eigenvalue weighted by Crippen LogP contribution is 2.22. The molecule has 8 nitrogen and oxygen atoms in total. The SMILES string of the molecule is Cc1nn(-c2ccccc2)c(C)c1CN(C)CC(=O)Nc1ccc(S(=O)(=O)N2CCCC2)cc1. The Balaban J connectivity index is 1.36. The molecule has 1 aliphatic heterocycles. The van der Waals surface area contributed by atoms with Crippen LogP contribution < -0.4 is 5.32 Å². The summed E-state index contributed by atoms with van der Waals surface area (Å²) in [6.45, 7) is 5.93. The number of aromatic nitrogens is 2. The Bertz CT molecular complexity index is 1250. The number of benzene rings is 2. The van der Waals surface area contributed by atoms with Gasteiger partial charge in [-0.2, -0.15) is 9.40 Å². The van der Waals surface area contributed by atoms with E-state index in [1.807, 2.05) is 60.8 Å². The van der Waals surface area contributed by atoms with Crippen molar-refractivity contribution in [2.24, 2.45) is 0 Å². The largest absolute Gasteiger partial charge is 0.325 e. The van der Waals surface area contributed by atoms with E-state index in [-0.39, 0.29) is 17.3 Å². The van der Waals surface area contributed by atoms with E-state index >= 15 is 0 Å². The van der Waals surface area contributed by atoms with Crippen LogP contribution >= 0.6 is 0 Å². The summed E-state index contributed by atoms with van der Waals surface area (Å²) in [7, 11) is -1.57. The topological polar surface area (TPSA) is 87.5 Å². The van der Waals surface area contributed by atoms with Crippen molar-refractivity contribution in [3.8, 4) is 5.69 Å². The number of para-hydroxylation sites is 1. The lowest BCUT2D eigenvalue weighted by Crippen LogP contribution is -2.30. The Morgan fingerprint density at radius 3 is 2.32 bits per heavy atom. The third-order valence-corrected chi connectivity index (χ3v) is 8.04. The van der Waals surface area contributed by atoms with E-state index in [4.69, 9.17) is 0 Å². The quantitative estimate of drug-likeness (QED) is 0.533. The molecule has 3 aromatic rings. The van der Waals surface area contributed by atoms with Crippen LogP contribution in [0.15, 0.2) is 59.5 Å². The molecule has 2 heterocycles. The van der Waals surface area contributed by atoms with Crippen LogP contribution in [0.2, 0.25) is 0 Å². The minimum Gasteiger partial charge on any atom is -0.325 e. The lowest BCUT2D eigenvalue weighted by atomic mass is 10.2. The Morgan fingerprint density at radius 2 is 1.68 bits per heavy atom. The molecular weight excluding hydrogens is 450 g/mol. The van der Waals surface area contributed by atoms with E-state index in [1.54, 1.807) is 24.3 Å². The summed E-state index contributed by atoms with van der Waals surface area (Å²) in [6, 6.07) is 16.4. The molecule has 34 heavy (non-hydrogen) atoms. The fourth-order valence-corrected chi connectivity index (χ4v) is 5.80. The molecule has 1 N–H and O–H groups in total. The van der Waals surface area contributed by atoms with Gasteiger partial charge in [0.2, 0.25) is 15.9 Å². The van der Waals surface area contributed by atoms with E-state index in [2.05, 4.69) is 10.4 Å². The summed E-state index contributed by atoms with van der Waals surface area (Å²) in [6.07, 6.45) is 1.79. The molecule has 1 amide bonds. The summed E-state index contributed by atoms with van der Waals surface area (Å²) in [4.78, 5) is 14.8. The molecule has 0 unspecified atom stereocenters. The molecule has 1 aliphatic rings. The summed E-state index contributed by atoms with van der Waals surface area (Å²) in [5.74, 6) is -0.164. The van der Waals surface area contributed by atoms with Crippen LogP contribution in [0.1, 0.15) is 29.8 Å². The van der Waals surface area contributed by atoms with Crippen LogP contribution in [0.5, 0.6) is 0 Å². The van der Waals surface area contributed by atoms with Gasteiger partial charge in [-0.1, -0.05) is 18.2 Å². The van der Waals surface area contributed by atoms with Gasteiger partial charge in [-0.05, 0) is 70.1 Å². The maximum atomic E-state index is 12.7. The second kappa shape index (κ2) is 10.1. The summed E-state index contributed by atoms with van der Waals surface area (Å²) in [5, 5.41) is 7.53. The van der Waals surface area contributed by atoms with Crippen molar-refractivity contribution < 1.29 is 13.2 Å². The number of nitrogens with zero attached hydrogens (tertiary/aromatic N) is 4. The lowest BCUT2D eigenvalue weighted by molar-refractivity contribution is -0.117. The maximum absolute atomic E-state index is 12.7. The van der Waals surface area contributed by atoms with Crippen molar-refractivity contribution in [2.45, 2.75) is 38.1 Å². The number of anilines is 1. The van der Waals surface area contributed by atoms with Crippen LogP contribution in [0.4, 0.5) is 5.69 Å². The third-order valence-electron chi connectivity index (χ3n) is 6.12. The molecular formula is C25H31N5O3S. The number of rotatable bonds is 8. The van der Waals surface area contributed by atoms with Crippen molar-refractivity contribution >= 4 is 21.6 Å². The Kier molecular flexibility index (Phi) is 7.16. The first-order chi connectivity index (χ1) is 16.3. The van der Waals surface area contributed by atoms with Gasteiger partial charge >= 0.3 is 0 Å². The van der Waals surface area contributed by atoms with Gasteiger partial charge in [0.15, 0.2) is 0 Å². The van der Waals surface area contributed by atoms with Crippen molar-refractivity contribution in [2.75, 3.05) is 32.0 Å². The first kappa shape index (κ1) is 24.1. The lowest BCUT2D eigenvalue weighted by Gasteiger charge is -2.17. The predicted octanol–water partition coefficient (Wildman–Crippen LogP) is 3.34. The smallest absolute Gasteiger partial charge is 0.243 e. The molecule has 1 saturated heterocycles. The van der Waals surface area contributed by atoms with E-state index in [0.717, 1.165) is 35.5 Å². The number of likely N-dealkylation sites (N-methyl/N-ethyl adjacent to an activating group) is 1. The number of sulfonamides is 1. The van der Waals surface area contributed by atoms with Gasteiger partial charge in [0.25, 0.3) is 0 Å². The van der Waals surface area contributed by atoms with Crippen LogP contribution in [0.25, 0.3) is 5.69 Å². The Morgan fingerprint density at radius 1 is 1.03 bits per heavy atom. The normalized spacial score (nSPS) is 14.6. The first-order valence-corrected chi connectivity index (χ1v) is 12.9. The zero-order chi connectivity index (χ0) is 24.3. The van der Waals surface area contributed by atoms with Crippen molar-refractivity contribution in [1.82, 2.24) is 19.0 Å². The van der Waals surface area contributed by atoms with Crippen LogP contribution in [0.3, 0.4) is 0 Å². The van der Waals surface area contributed by atoms with E-state index < -0.39 is 10.0 Å². The first-order valence-electron chi connectivity index (χ1n) is 11.4. The minimum atomic E-state index is -3.46. The molecule has 2 aromatic carbocycles. The van der Waals surface area contributed by atoms with Gasteiger partial charge in [0.05, 0.1) is 22.8 Å². The fourth-order valence-electron chi connectivity index (χ4n) is 4.28. The molecule has 0 radical (unpaired) electrons. The van der Waals surface area contributed by atoms with Crippen molar-refractivity contribution in [3.05, 3.63) is 71.5 Å².